The fourth-order valence-electron chi connectivity index (χ4n) is 4.41. The van der Waals surface area contributed by atoms with E-state index in [1.807, 2.05) is 54.6 Å². The van der Waals surface area contributed by atoms with Crippen LogP contribution in [0.1, 0.15) is 59.2 Å². The molecule has 4 rings (SSSR count). The van der Waals surface area contributed by atoms with Crippen molar-refractivity contribution in [2.75, 3.05) is 26.9 Å². The molecule has 1 aliphatic rings. The summed E-state index contributed by atoms with van der Waals surface area (Å²) in [5, 5.41) is 0. The fourth-order valence-corrected chi connectivity index (χ4v) is 4.41. The number of hydrogen-bond donors (Lipinski definition) is 0. The first-order valence-electron chi connectivity index (χ1n) is 12.9. The summed E-state index contributed by atoms with van der Waals surface area (Å²) >= 11 is 0. The predicted molar refractivity (Wildman–Crippen MR) is 142 cm³/mol. The molecule has 6 nitrogen and oxygen atoms in total. The topological polar surface area (TPSA) is 71.1 Å². The number of methoxy groups -OCH3 is 1. The number of carbonyl (C=O) groups excluding carboxylic acids is 2. The lowest BCUT2D eigenvalue weighted by Gasteiger charge is -2.22. The third-order valence-electron chi connectivity index (χ3n) is 6.42. The number of ether oxygens (including phenoxy) is 4. The first kappa shape index (κ1) is 26.3. The van der Waals surface area contributed by atoms with Crippen molar-refractivity contribution >= 4 is 11.8 Å². The van der Waals surface area contributed by atoms with Crippen molar-refractivity contribution in [1.82, 2.24) is 0 Å². The molecule has 0 amide bonds. The quantitative estimate of drug-likeness (QED) is 0.212. The molecule has 0 unspecified atom stereocenters. The van der Waals surface area contributed by atoms with Gasteiger partial charge in [0.05, 0.1) is 32.5 Å². The molecule has 0 saturated heterocycles. The Morgan fingerprint density at radius 3 is 2.38 bits per heavy atom. The number of benzene rings is 3. The first-order chi connectivity index (χ1) is 18.2. The molecule has 6 heteroatoms. The average molecular weight is 503 g/mol. The number of rotatable bonds is 13. The molecule has 0 spiro atoms. The van der Waals surface area contributed by atoms with Crippen molar-refractivity contribution in [3.05, 3.63) is 89.0 Å². The summed E-state index contributed by atoms with van der Waals surface area (Å²) in [4.78, 5) is 23.9. The number of unbranched alkanes of at least 4 members (excludes halogenated alkanes) is 2. The molecule has 0 aliphatic carbocycles. The van der Waals surface area contributed by atoms with Gasteiger partial charge in [0.25, 0.3) is 0 Å². The highest BCUT2D eigenvalue weighted by molar-refractivity contribution is 6.00. The maximum absolute atomic E-state index is 12.4. The third kappa shape index (κ3) is 7.35. The second-order valence-electron chi connectivity index (χ2n) is 9.04. The Morgan fingerprint density at radius 1 is 0.865 bits per heavy atom. The minimum atomic E-state index is -0.223. The minimum absolute atomic E-state index is 0.119. The molecule has 0 fully saturated rings. The van der Waals surface area contributed by atoms with Crippen LogP contribution in [-0.2, 0) is 22.4 Å². The van der Waals surface area contributed by atoms with E-state index in [4.69, 9.17) is 18.9 Å². The molecule has 3 aromatic carbocycles. The second kappa shape index (κ2) is 13.5. The summed E-state index contributed by atoms with van der Waals surface area (Å²) < 4.78 is 22.8. The highest BCUT2D eigenvalue weighted by Crippen LogP contribution is 2.37. The molecule has 0 N–H and O–H groups in total. The fraction of sp³-hybridized carbons (Fsp3) is 0.355. The lowest BCUT2D eigenvalue weighted by Crippen LogP contribution is -2.17. The number of Topliss-reactive ketones (excluding diaryl/α,β-unsaturated/α-hetero) is 1. The maximum Gasteiger partial charge on any atom is 0.305 e. The molecule has 1 heterocycles. The molecule has 0 saturated carbocycles. The standard InChI is InChI=1S/C31H34O6/c1-34-30(33)17-14-24-12-6-7-13-28(24)35-19-8-3-9-20-36-29-16-15-25-27(32)18-21-37-31(25)26(29)22-23-10-4-2-5-11-23/h2,4-7,10-13,15-16H,3,8-9,14,17-22H2,1H3. The Kier molecular flexibility index (Phi) is 9.58. The molecule has 1 aliphatic heterocycles. The van der Waals surface area contributed by atoms with E-state index in [0.29, 0.717) is 56.8 Å². The highest BCUT2D eigenvalue weighted by Gasteiger charge is 2.24. The average Bonchev–Trinajstić information content (AvgIpc) is 2.93. The van der Waals surface area contributed by atoms with Crippen molar-refractivity contribution in [2.24, 2.45) is 0 Å². The van der Waals surface area contributed by atoms with E-state index in [1.165, 1.54) is 7.11 Å². The smallest absolute Gasteiger partial charge is 0.305 e. The van der Waals surface area contributed by atoms with Crippen LogP contribution in [0.2, 0.25) is 0 Å². The van der Waals surface area contributed by atoms with Crippen LogP contribution in [0.4, 0.5) is 0 Å². The van der Waals surface area contributed by atoms with Crippen LogP contribution in [0.5, 0.6) is 17.2 Å². The Morgan fingerprint density at radius 2 is 1.59 bits per heavy atom. The first-order valence-corrected chi connectivity index (χ1v) is 12.9. The van der Waals surface area contributed by atoms with Crippen LogP contribution in [0, 0.1) is 0 Å². The van der Waals surface area contributed by atoms with E-state index in [0.717, 1.165) is 47.5 Å². The van der Waals surface area contributed by atoms with Gasteiger partial charge in [-0.25, -0.2) is 0 Å². The van der Waals surface area contributed by atoms with Crippen molar-refractivity contribution in [3.63, 3.8) is 0 Å². The van der Waals surface area contributed by atoms with Crippen LogP contribution in [0.15, 0.2) is 66.7 Å². The van der Waals surface area contributed by atoms with E-state index in [-0.39, 0.29) is 11.8 Å². The van der Waals surface area contributed by atoms with Gasteiger partial charge in [0.15, 0.2) is 5.78 Å². The van der Waals surface area contributed by atoms with Crippen LogP contribution < -0.4 is 14.2 Å². The van der Waals surface area contributed by atoms with Gasteiger partial charge in [-0.15, -0.1) is 0 Å². The normalized spacial score (nSPS) is 12.4. The summed E-state index contributed by atoms with van der Waals surface area (Å²) in [5.74, 6) is 2.15. The number of carbonyl (C=O) groups is 2. The van der Waals surface area contributed by atoms with Crippen LogP contribution >= 0.6 is 0 Å². The summed E-state index contributed by atoms with van der Waals surface area (Å²) in [5.41, 5.74) is 3.74. The highest BCUT2D eigenvalue weighted by atomic mass is 16.5. The monoisotopic (exact) mass is 502 g/mol. The Hall–Kier alpha value is -3.80. The van der Waals surface area contributed by atoms with Gasteiger partial charge in [-0.05, 0) is 55.0 Å². The van der Waals surface area contributed by atoms with E-state index in [9.17, 15) is 9.59 Å². The Labute approximate surface area is 218 Å². The third-order valence-corrected chi connectivity index (χ3v) is 6.42. The molecule has 37 heavy (non-hydrogen) atoms. The van der Waals surface area contributed by atoms with Crippen molar-refractivity contribution in [2.45, 2.75) is 44.9 Å². The Balaban J connectivity index is 1.27. The molecular formula is C31H34O6. The number of aryl methyl sites for hydroxylation is 1. The predicted octanol–water partition coefficient (Wildman–Crippen LogP) is 5.98. The van der Waals surface area contributed by atoms with Gasteiger partial charge < -0.3 is 18.9 Å². The van der Waals surface area contributed by atoms with Gasteiger partial charge >= 0.3 is 5.97 Å². The summed E-state index contributed by atoms with van der Waals surface area (Å²) in [6.07, 6.45) is 4.73. The Bertz CT molecular complexity index is 1190. The SMILES string of the molecule is COC(=O)CCc1ccccc1OCCCCCOc1ccc2c(c1Cc1ccccc1)OCCC2=O. The van der Waals surface area contributed by atoms with Gasteiger partial charge in [0.1, 0.15) is 17.2 Å². The number of ketones is 1. The zero-order chi connectivity index (χ0) is 25.9. The number of hydrogen-bond acceptors (Lipinski definition) is 6. The lowest BCUT2D eigenvalue weighted by molar-refractivity contribution is -0.140. The van der Waals surface area contributed by atoms with E-state index in [2.05, 4.69) is 12.1 Å². The van der Waals surface area contributed by atoms with Crippen LogP contribution in [-0.4, -0.2) is 38.7 Å². The van der Waals surface area contributed by atoms with E-state index >= 15 is 0 Å². The number of para-hydroxylation sites is 1. The molecule has 0 radical (unpaired) electrons. The second-order valence-corrected chi connectivity index (χ2v) is 9.04. The molecule has 0 atom stereocenters. The molecular weight excluding hydrogens is 468 g/mol. The lowest BCUT2D eigenvalue weighted by atomic mass is 9.96. The summed E-state index contributed by atoms with van der Waals surface area (Å²) in [6.45, 7) is 1.58. The molecule has 0 aromatic heterocycles. The van der Waals surface area contributed by atoms with Crippen molar-refractivity contribution in [1.29, 1.82) is 0 Å². The zero-order valence-corrected chi connectivity index (χ0v) is 21.4. The van der Waals surface area contributed by atoms with Gasteiger partial charge in [-0.2, -0.15) is 0 Å². The van der Waals surface area contributed by atoms with E-state index < -0.39 is 0 Å². The van der Waals surface area contributed by atoms with Crippen LogP contribution in [0.3, 0.4) is 0 Å². The molecule has 0 bridgehead atoms. The summed E-state index contributed by atoms with van der Waals surface area (Å²) in [6, 6.07) is 21.7. The zero-order valence-electron chi connectivity index (χ0n) is 21.4. The number of esters is 1. The van der Waals surface area contributed by atoms with Crippen molar-refractivity contribution < 1.29 is 28.5 Å². The summed E-state index contributed by atoms with van der Waals surface area (Å²) in [7, 11) is 1.40. The van der Waals surface area contributed by atoms with Crippen LogP contribution in [0.25, 0.3) is 0 Å². The molecule has 194 valence electrons. The van der Waals surface area contributed by atoms with Gasteiger partial charge in [0.2, 0.25) is 0 Å². The van der Waals surface area contributed by atoms with Crippen molar-refractivity contribution in [3.8, 4) is 17.2 Å². The van der Waals surface area contributed by atoms with Gasteiger partial charge in [0, 0.05) is 24.8 Å². The van der Waals surface area contributed by atoms with Gasteiger partial charge in [-0.1, -0.05) is 48.5 Å². The van der Waals surface area contributed by atoms with E-state index in [1.54, 1.807) is 0 Å². The minimum Gasteiger partial charge on any atom is -0.493 e. The van der Waals surface area contributed by atoms with Gasteiger partial charge in [-0.3, -0.25) is 9.59 Å². The number of fused-ring (bicyclic) bond motifs is 1. The molecule has 3 aromatic rings. The largest absolute Gasteiger partial charge is 0.493 e. The maximum atomic E-state index is 12.4.